The van der Waals surface area contributed by atoms with Crippen molar-refractivity contribution >= 4 is 39.1 Å². The summed E-state index contributed by atoms with van der Waals surface area (Å²) in [5.74, 6) is -0.820. The number of nitrogens with one attached hydrogen (secondary N) is 1. The van der Waals surface area contributed by atoms with Crippen LogP contribution in [0.15, 0.2) is 78.9 Å². The molecule has 0 spiro atoms. The van der Waals surface area contributed by atoms with Gasteiger partial charge in [0.25, 0.3) is 0 Å². The van der Waals surface area contributed by atoms with Gasteiger partial charge in [-0.05, 0) is 49.1 Å². The smallest absolute Gasteiger partial charge is 0.244 e. The quantitative estimate of drug-likeness (QED) is 0.334. The summed E-state index contributed by atoms with van der Waals surface area (Å²) in [7, 11) is -3.82. The Balaban J connectivity index is 2.08. The highest BCUT2D eigenvalue weighted by molar-refractivity contribution is 7.92. The van der Waals surface area contributed by atoms with Crippen molar-refractivity contribution < 1.29 is 18.0 Å². The lowest BCUT2D eigenvalue weighted by Crippen LogP contribution is -2.54. The summed E-state index contributed by atoms with van der Waals surface area (Å²) < 4.78 is 26.9. The number of carbonyl (C=O) groups is 2. The lowest BCUT2D eigenvalue weighted by atomic mass is 10.0. The average Bonchev–Trinajstić information content (AvgIpc) is 2.90. The molecule has 2 amide bonds. The van der Waals surface area contributed by atoms with Crippen LogP contribution in [0.3, 0.4) is 0 Å². The van der Waals surface area contributed by atoms with E-state index in [2.05, 4.69) is 5.32 Å². The van der Waals surface area contributed by atoms with Crippen LogP contribution in [0.25, 0.3) is 0 Å². The van der Waals surface area contributed by atoms with Crippen molar-refractivity contribution in [2.45, 2.75) is 52.2 Å². The molecule has 0 saturated carbocycles. The third-order valence-corrected chi connectivity index (χ3v) is 8.13. The second kappa shape index (κ2) is 13.6. The number of sulfonamides is 1. The number of aryl methyl sites for hydroxylation is 1. The molecule has 39 heavy (non-hydrogen) atoms. The van der Waals surface area contributed by atoms with Crippen molar-refractivity contribution in [1.29, 1.82) is 0 Å². The molecular formula is C30H36ClN3O4S. The minimum Gasteiger partial charge on any atom is -0.352 e. The molecule has 2 atom stereocenters. The Bertz CT molecular complexity index is 1380. The topological polar surface area (TPSA) is 86.8 Å². The van der Waals surface area contributed by atoms with Crippen molar-refractivity contribution in [3.8, 4) is 0 Å². The molecule has 0 aliphatic heterocycles. The van der Waals surface area contributed by atoms with Crippen LogP contribution in [0.5, 0.6) is 0 Å². The Morgan fingerprint density at radius 3 is 2.18 bits per heavy atom. The van der Waals surface area contributed by atoms with Crippen molar-refractivity contribution in [3.63, 3.8) is 0 Å². The Morgan fingerprint density at radius 2 is 1.56 bits per heavy atom. The maximum atomic E-state index is 14.1. The van der Waals surface area contributed by atoms with Gasteiger partial charge < -0.3 is 10.2 Å². The third-order valence-electron chi connectivity index (χ3n) is 6.63. The van der Waals surface area contributed by atoms with Gasteiger partial charge in [0.15, 0.2) is 0 Å². The van der Waals surface area contributed by atoms with Crippen molar-refractivity contribution in [2.24, 2.45) is 0 Å². The molecule has 0 aliphatic carbocycles. The molecule has 0 bridgehead atoms. The van der Waals surface area contributed by atoms with Crippen LogP contribution in [0.1, 0.15) is 37.0 Å². The fourth-order valence-corrected chi connectivity index (χ4v) is 5.35. The Hall–Kier alpha value is -3.36. The van der Waals surface area contributed by atoms with E-state index in [1.54, 1.807) is 49.4 Å². The summed E-state index contributed by atoms with van der Waals surface area (Å²) >= 11 is 6.47. The Labute approximate surface area is 236 Å². The summed E-state index contributed by atoms with van der Waals surface area (Å²) in [5, 5.41) is 3.47. The van der Waals surface area contributed by atoms with Gasteiger partial charge in [0.1, 0.15) is 12.6 Å². The molecule has 0 aromatic heterocycles. The first kappa shape index (κ1) is 30.2. The SMILES string of the molecule is CC[C@@H](C)NC(=O)[C@H](Cc1ccccc1)N(Cc1ccccc1Cl)C(=O)CN(c1ccccc1C)S(C)(=O)=O. The van der Waals surface area contributed by atoms with Crippen LogP contribution >= 0.6 is 11.6 Å². The minimum absolute atomic E-state index is 0.0370. The molecule has 0 radical (unpaired) electrons. The lowest BCUT2D eigenvalue weighted by Gasteiger charge is -2.34. The number of carbonyl (C=O) groups excluding carboxylic acids is 2. The maximum Gasteiger partial charge on any atom is 0.244 e. The van der Waals surface area contributed by atoms with E-state index in [1.807, 2.05) is 50.2 Å². The van der Waals surface area contributed by atoms with Crippen molar-refractivity contribution in [1.82, 2.24) is 10.2 Å². The first-order valence-corrected chi connectivity index (χ1v) is 15.1. The molecule has 0 saturated heterocycles. The van der Waals surface area contributed by atoms with E-state index in [0.29, 0.717) is 21.8 Å². The largest absolute Gasteiger partial charge is 0.352 e. The zero-order valence-electron chi connectivity index (χ0n) is 22.8. The average molecular weight is 570 g/mol. The van der Waals surface area contributed by atoms with Crippen LogP contribution in [0, 0.1) is 6.92 Å². The number of hydrogen-bond donors (Lipinski definition) is 1. The fourth-order valence-electron chi connectivity index (χ4n) is 4.24. The lowest BCUT2D eigenvalue weighted by molar-refractivity contribution is -0.140. The standard InChI is InChI=1S/C30H36ClN3O4S/c1-5-23(3)32-30(36)28(19-24-14-7-6-8-15-24)33(20-25-16-10-11-17-26(25)31)29(35)21-34(39(4,37)38)27-18-12-9-13-22(27)2/h6-18,23,28H,5,19-21H2,1-4H3,(H,32,36)/t23-,28+/m1/s1. The molecule has 3 rings (SSSR count). The molecule has 0 heterocycles. The normalized spacial score (nSPS) is 12.8. The zero-order valence-corrected chi connectivity index (χ0v) is 24.4. The molecular weight excluding hydrogens is 534 g/mol. The zero-order chi connectivity index (χ0) is 28.6. The third kappa shape index (κ3) is 8.31. The second-order valence-electron chi connectivity index (χ2n) is 9.69. The minimum atomic E-state index is -3.82. The van der Waals surface area contributed by atoms with E-state index in [9.17, 15) is 18.0 Å². The number of para-hydroxylation sites is 1. The van der Waals surface area contributed by atoms with E-state index in [4.69, 9.17) is 11.6 Å². The van der Waals surface area contributed by atoms with Gasteiger partial charge in [-0.1, -0.05) is 85.3 Å². The van der Waals surface area contributed by atoms with Gasteiger partial charge in [-0.2, -0.15) is 0 Å². The number of anilines is 1. The van der Waals surface area contributed by atoms with Crippen molar-refractivity contribution in [3.05, 3.63) is 101 Å². The number of hydrogen-bond acceptors (Lipinski definition) is 4. The Morgan fingerprint density at radius 1 is 0.949 bits per heavy atom. The van der Waals surface area contributed by atoms with Crippen LogP contribution in [0.4, 0.5) is 5.69 Å². The number of nitrogens with zero attached hydrogens (tertiary/aromatic N) is 2. The first-order valence-electron chi connectivity index (χ1n) is 12.9. The molecule has 3 aromatic rings. The predicted molar refractivity (Wildman–Crippen MR) is 157 cm³/mol. The molecule has 208 valence electrons. The molecule has 0 fully saturated rings. The maximum absolute atomic E-state index is 14.1. The van der Waals surface area contributed by atoms with E-state index < -0.39 is 28.5 Å². The van der Waals surface area contributed by atoms with Gasteiger partial charge in [0.05, 0.1) is 11.9 Å². The van der Waals surface area contributed by atoms with Crippen molar-refractivity contribution in [2.75, 3.05) is 17.1 Å². The van der Waals surface area contributed by atoms with E-state index in [0.717, 1.165) is 22.5 Å². The van der Waals surface area contributed by atoms with E-state index in [-0.39, 0.29) is 24.9 Å². The van der Waals surface area contributed by atoms with E-state index in [1.165, 1.54) is 4.90 Å². The summed E-state index contributed by atoms with van der Waals surface area (Å²) in [6.45, 7) is 5.24. The van der Waals surface area contributed by atoms with Gasteiger partial charge >= 0.3 is 0 Å². The molecule has 7 nitrogen and oxygen atoms in total. The summed E-state index contributed by atoms with van der Waals surface area (Å²) in [4.78, 5) is 29.2. The Kier molecular flexibility index (Phi) is 10.5. The van der Waals surface area contributed by atoms with E-state index >= 15 is 0 Å². The highest BCUT2D eigenvalue weighted by Crippen LogP contribution is 2.25. The fraction of sp³-hybridized carbons (Fsp3) is 0.333. The van der Waals surface area contributed by atoms with Crippen LogP contribution in [-0.2, 0) is 32.6 Å². The summed E-state index contributed by atoms with van der Waals surface area (Å²) in [6, 6.07) is 22.5. The molecule has 3 aromatic carbocycles. The number of amides is 2. The first-order chi connectivity index (χ1) is 18.5. The van der Waals surface area contributed by atoms with Gasteiger partial charge in [-0.3, -0.25) is 13.9 Å². The molecule has 0 unspecified atom stereocenters. The highest BCUT2D eigenvalue weighted by Gasteiger charge is 2.34. The molecule has 1 N–H and O–H groups in total. The van der Waals surface area contributed by atoms with Gasteiger partial charge in [-0.15, -0.1) is 0 Å². The van der Waals surface area contributed by atoms with Crippen LogP contribution < -0.4 is 9.62 Å². The van der Waals surface area contributed by atoms with Gasteiger partial charge in [0.2, 0.25) is 21.8 Å². The monoisotopic (exact) mass is 569 g/mol. The molecule has 0 aliphatic rings. The van der Waals surface area contributed by atoms with Crippen LogP contribution in [-0.4, -0.2) is 50.0 Å². The number of halogens is 1. The van der Waals surface area contributed by atoms with Gasteiger partial charge in [-0.25, -0.2) is 8.42 Å². The second-order valence-corrected chi connectivity index (χ2v) is 12.0. The summed E-state index contributed by atoms with van der Waals surface area (Å²) in [6.07, 6.45) is 2.04. The molecule has 9 heteroatoms. The van der Waals surface area contributed by atoms with Crippen LogP contribution in [0.2, 0.25) is 5.02 Å². The number of benzene rings is 3. The predicted octanol–water partition coefficient (Wildman–Crippen LogP) is 4.97. The summed E-state index contributed by atoms with van der Waals surface area (Å²) in [5.41, 5.74) is 2.65. The highest BCUT2D eigenvalue weighted by atomic mass is 35.5. The van der Waals surface area contributed by atoms with Gasteiger partial charge in [0, 0.05) is 24.0 Å². The number of rotatable bonds is 12.